The quantitative estimate of drug-likeness (QED) is 0.368. The predicted octanol–water partition coefficient (Wildman–Crippen LogP) is -1.60. The molecule has 68 valence electrons. The summed E-state index contributed by atoms with van der Waals surface area (Å²) in [5.41, 5.74) is 1.07. The number of rotatable bonds is 3. The van der Waals surface area contributed by atoms with Crippen LogP contribution in [-0.2, 0) is 4.74 Å². The summed E-state index contributed by atoms with van der Waals surface area (Å²) in [6.45, 7) is 2.25. The van der Waals surface area contributed by atoms with Gasteiger partial charge in [0.2, 0.25) is 0 Å². The Hall–Kier alpha value is 0.226. The number of benzene rings is 1. The summed E-state index contributed by atoms with van der Waals surface area (Å²) in [5, 5.41) is 0. The molecule has 0 atom stereocenters. The average molecular weight is 255 g/mol. The fourth-order valence-electron chi connectivity index (χ4n) is 0.779. The number of hydrogen-bond donors (Lipinski definition) is 0. The first-order chi connectivity index (χ1) is 5.34. The van der Waals surface area contributed by atoms with Crippen molar-refractivity contribution in [3.05, 3.63) is 29.8 Å². The molecule has 0 spiro atoms. The van der Waals surface area contributed by atoms with Crippen molar-refractivity contribution in [2.45, 2.75) is 6.92 Å². The SMILES string of the molecule is COCOc1[c-]cccc1C.[Br-].[Mg+2]. The van der Waals surface area contributed by atoms with E-state index in [1.54, 1.807) is 7.11 Å². The molecule has 0 fully saturated rings. The van der Waals surface area contributed by atoms with E-state index in [1.165, 1.54) is 0 Å². The molecular weight excluding hydrogens is 244 g/mol. The standard InChI is InChI=1S/C9H11O2.BrH.Mg/c1-8-5-3-4-6-9(8)11-7-10-2;;/h3-5H,7H2,1-2H3;1H;/q-1;;+2/p-1. The van der Waals surface area contributed by atoms with Crippen molar-refractivity contribution < 1.29 is 26.5 Å². The van der Waals surface area contributed by atoms with Crippen molar-refractivity contribution in [2.75, 3.05) is 13.9 Å². The number of ether oxygens (including phenoxy) is 2. The number of hydrogen-bond acceptors (Lipinski definition) is 2. The Morgan fingerprint density at radius 1 is 1.46 bits per heavy atom. The Labute approximate surface area is 106 Å². The summed E-state index contributed by atoms with van der Waals surface area (Å²) in [6.07, 6.45) is 0. The monoisotopic (exact) mass is 254 g/mol. The van der Waals surface area contributed by atoms with Gasteiger partial charge in [0.15, 0.2) is 6.79 Å². The van der Waals surface area contributed by atoms with Crippen LogP contribution in [0, 0.1) is 13.0 Å². The van der Waals surface area contributed by atoms with Crippen molar-refractivity contribution >= 4 is 23.1 Å². The first-order valence-electron chi connectivity index (χ1n) is 3.43. The maximum Gasteiger partial charge on any atom is 2.00 e. The van der Waals surface area contributed by atoms with Crippen LogP contribution in [0.25, 0.3) is 0 Å². The Bertz CT molecular complexity index is 231. The van der Waals surface area contributed by atoms with Gasteiger partial charge in [-0.3, -0.25) is 0 Å². The molecule has 0 aromatic heterocycles. The molecule has 0 aliphatic rings. The molecule has 1 rings (SSSR count). The molecule has 0 amide bonds. The van der Waals surface area contributed by atoms with Crippen molar-refractivity contribution in [1.29, 1.82) is 0 Å². The second-order valence-electron chi connectivity index (χ2n) is 2.23. The molecule has 1 aromatic carbocycles. The minimum absolute atomic E-state index is 0. The minimum atomic E-state index is 0. The maximum absolute atomic E-state index is 5.21. The largest absolute Gasteiger partial charge is 2.00 e. The Morgan fingerprint density at radius 3 is 2.69 bits per heavy atom. The van der Waals surface area contributed by atoms with E-state index in [9.17, 15) is 0 Å². The molecule has 0 aliphatic heterocycles. The zero-order chi connectivity index (χ0) is 8.10. The Morgan fingerprint density at radius 2 is 2.15 bits per heavy atom. The van der Waals surface area contributed by atoms with Gasteiger partial charge in [-0.15, -0.1) is 11.6 Å². The third-order valence-electron chi connectivity index (χ3n) is 1.34. The molecule has 0 saturated heterocycles. The van der Waals surface area contributed by atoms with Gasteiger partial charge in [0, 0.05) is 12.9 Å². The topological polar surface area (TPSA) is 18.5 Å². The van der Waals surface area contributed by atoms with E-state index in [0.717, 1.165) is 11.3 Å². The van der Waals surface area contributed by atoms with E-state index in [2.05, 4.69) is 6.07 Å². The van der Waals surface area contributed by atoms with Gasteiger partial charge in [-0.05, 0) is 0 Å². The number of methoxy groups -OCH3 is 1. The molecule has 0 N–H and O–H groups in total. The first-order valence-corrected chi connectivity index (χ1v) is 3.43. The molecule has 13 heavy (non-hydrogen) atoms. The Kier molecular flexibility index (Phi) is 10.6. The van der Waals surface area contributed by atoms with E-state index in [4.69, 9.17) is 9.47 Å². The summed E-state index contributed by atoms with van der Waals surface area (Å²) in [4.78, 5) is 0. The van der Waals surface area contributed by atoms with Crippen LogP contribution in [0.15, 0.2) is 18.2 Å². The molecule has 0 bridgehead atoms. The van der Waals surface area contributed by atoms with Crippen molar-refractivity contribution in [3.63, 3.8) is 0 Å². The number of halogens is 1. The third-order valence-corrected chi connectivity index (χ3v) is 1.34. The number of aryl methyl sites for hydroxylation is 1. The van der Waals surface area contributed by atoms with Gasteiger partial charge in [0.05, 0.1) is 0 Å². The van der Waals surface area contributed by atoms with Crippen LogP contribution in [-0.4, -0.2) is 37.0 Å². The van der Waals surface area contributed by atoms with Gasteiger partial charge in [-0.25, -0.2) is 0 Å². The van der Waals surface area contributed by atoms with E-state index >= 15 is 0 Å². The van der Waals surface area contributed by atoms with Gasteiger partial charge in [0.25, 0.3) is 0 Å². The third kappa shape index (κ3) is 5.51. The van der Waals surface area contributed by atoms with E-state index in [-0.39, 0.29) is 46.8 Å². The summed E-state index contributed by atoms with van der Waals surface area (Å²) >= 11 is 0. The smallest absolute Gasteiger partial charge is 1.00 e. The van der Waals surface area contributed by atoms with E-state index < -0.39 is 0 Å². The molecule has 4 heteroatoms. The molecule has 1 aromatic rings. The van der Waals surface area contributed by atoms with Crippen LogP contribution in [0.1, 0.15) is 5.56 Å². The van der Waals surface area contributed by atoms with E-state index in [1.807, 2.05) is 25.1 Å². The van der Waals surface area contributed by atoms with Crippen LogP contribution in [0.3, 0.4) is 0 Å². The van der Waals surface area contributed by atoms with Gasteiger partial charge < -0.3 is 26.5 Å². The summed E-state index contributed by atoms with van der Waals surface area (Å²) < 4.78 is 9.97. The molecule has 0 heterocycles. The van der Waals surface area contributed by atoms with Crippen LogP contribution < -0.4 is 21.7 Å². The second-order valence-corrected chi connectivity index (χ2v) is 2.23. The van der Waals surface area contributed by atoms with Crippen LogP contribution in [0.4, 0.5) is 0 Å². The second kappa shape index (κ2) is 8.81. The summed E-state index contributed by atoms with van der Waals surface area (Å²) in [5.74, 6) is 0.759. The fraction of sp³-hybridized carbons (Fsp3) is 0.333. The predicted molar refractivity (Wildman–Crippen MR) is 48.3 cm³/mol. The zero-order valence-electron chi connectivity index (χ0n) is 7.84. The van der Waals surface area contributed by atoms with Gasteiger partial charge in [-0.1, -0.05) is 6.92 Å². The van der Waals surface area contributed by atoms with Gasteiger partial charge in [-0.2, -0.15) is 18.2 Å². The van der Waals surface area contributed by atoms with Crippen LogP contribution in [0.2, 0.25) is 0 Å². The normalized spacial score (nSPS) is 8.15. The van der Waals surface area contributed by atoms with Crippen molar-refractivity contribution in [3.8, 4) is 5.75 Å². The molecule has 0 aliphatic carbocycles. The van der Waals surface area contributed by atoms with Crippen molar-refractivity contribution in [2.24, 2.45) is 0 Å². The van der Waals surface area contributed by atoms with E-state index in [0.29, 0.717) is 0 Å². The Balaban J connectivity index is 0. The molecule has 0 radical (unpaired) electrons. The van der Waals surface area contributed by atoms with Crippen molar-refractivity contribution in [1.82, 2.24) is 0 Å². The minimum Gasteiger partial charge on any atom is -1.00 e. The average Bonchev–Trinajstić information content (AvgIpc) is 2.03. The fourth-order valence-corrected chi connectivity index (χ4v) is 0.779. The number of para-hydroxylation sites is 1. The van der Waals surface area contributed by atoms with Crippen LogP contribution >= 0.6 is 0 Å². The van der Waals surface area contributed by atoms with Gasteiger partial charge >= 0.3 is 23.1 Å². The van der Waals surface area contributed by atoms with Gasteiger partial charge in [0.1, 0.15) is 0 Å². The molecule has 0 unspecified atom stereocenters. The summed E-state index contributed by atoms with van der Waals surface area (Å²) in [7, 11) is 1.60. The first kappa shape index (κ1) is 15.7. The maximum atomic E-state index is 5.21. The molecule has 2 nitrogen and oxygen atoms in total. The zero-order valence-corrected chi connectivity index (χ0v) is 10.8. The molecule has 0 saturated carbocycles. The summed E-state index contributed by atoms with van der Waals surface area (Å²) in [6, 6.07) is 8.69. The molecular formula is C9H11BrMgO2. The van der Waals surface area contributed by atoms with Crippen LogP contribution in [0.5, 0.6) is 5.75 Å².